The number of rotatable bonds is 2. The van der Waals surface area contributed by atoms with Crippen LogP contribution in [0.1, 0.15) is 4.88 Å². The normalized spacial score (nSPS) is 10.2. The average molecular weight is 278 g/mol. The van der Waals surface area contributed by atoms with E-state index in [4.69, 9.17) is 5.73 Å². The van der Waals surface area contributed by atoms with Gasteiger partial charge in [-0.15, -0.1) is 11.3 Å². The molecule has 96 valence electrons. The van der Waals surface area contributed by atoms with Gasteiger partial charge in [-0.3, -0.25) is 9.97 Å². The Balaban J connectivity index is 2.28. The molecule has 0 spiro atoms. The Morgan fingerprint density at radius 1 is 1.05 bits per heavy atom. The van der Waals surface area contributed by atoms with Crippen molar-refractivity contribution in [1.29, 1.82) is 5.26 Å². The summed E-state index contributed by atoms with van der Waals surface area (Å²) in [7, 11) is 0. The molecule has 4 nitrogen and oxygen atoms in total. The van der Waals surface area contributed by atoms with Gasteiger partial charge in [0.1, 0.15) is 10.9 Å². The molecule has 0 aromatic carbocycles. The molecule has 0 fully saturated rings. The van der Waals surface area contributed by atoms with E-state index in [1.807, 2.05) is 24.3 Å². The van der Waals surface area contributed by atoms with E-state index in [-0.39, 0.29) is 0 Å². The van der Waals surface area contributed by atoms with Crippen molar-refractivity contribution < 1.29 is 0 Å². The molecule has 3 rings (SSSR count). The highest BCUT2D eigenvalue weighted by atomic mass is 32.1. The molecule has 0 saturated heterocycles. The minimum atomic E-state index is 0.516. The van der Waals surface area contributed by atoms with Crippen molar-refractivity contribution in [3.63, 3.8) is 0 Å². The van der Waals surface area contributed by atoms with Crippen LogP contribution in [0.15, 0.2) is 49.1 Å². The fourth-order valence-electron chi connectivity index (χ4n) is 2.03. The minimum Gasteiger partial charge on any atom is -0.396 e. The molecule has 2 N–H and O–H groups in total. The van der Waals surface area contributed by atoms with Crippen LogP contribution in [-0.2, 0) is 0 Å². The molecule has 0 aliphatic carbocycles. The Hall–Kier alpha value is -2.71. The Morgan fingerprint density at radius 2 is 1.85 bits per heavy atom. The van der Waals surface area contributed by atoms with E-state index in [0.29, 0.717) is 10.6 Å². The van der Waals surface area contributed by atoms with E-state index in [0.717, 1.165) is 21.6 Å². The topological polar surface area (TPSA) is 75.6 Å². The molecule has 5 heteroatoms. The second kappa shape index (κ2) is 5.11. The van der Waals surface area contributed by atoms with E-state index in [2.05, 4.69) is 16.0 Å². The molecular formula is C15H10N4S. The maximum atomic E-state index is 9.20. The molecule has 0 amide bonds. The SMILES string of the molecule is N#Cc1sc(-c2cccnc2)c(-c2ccncc2)c1N. The molecule has 0 saturated carbocycles. The van der Waals surface area contributed by atoms with Crippen molar-refractivity contribution in [2.75, 3.05) is 5.73 Å². The highest BCUT2D eigenvalue weighted by molar-refractivity contribution is 7.17. The van der Waals surface area contributed by atoms with Gasteiger partial charge in [0.25, 0.3) is 0 Å². The molecule has 0 aliphatic rings. The van der Waals surface area contributed by atoms with Crippen LogP contribution in [0.4, 0.5) is 5.69 Å². The lowest BCUT2D eigenvalue weighted by Gasteiger charge is -2.05. The maximum absolute atomic E-state index is 9.20. The van der Waals surface area contributed by atoms with E-state index in [1.165, 1.54) is 11.3 Å². The van der Waals surface area contributed by atoms with Crippen LogP contribution in [0.5, 0.6) is 0 Å². The number of hydrogen-bond donors (Lipinski definition) is 1. The van der Waals surface area contributed by atoms with Crippen LogP contribution in [-0.4, -0.2) is 9.97 Å². The second-order valence-corrected chi connectivity index (χ2v) is 5.16. The summed E-state index contributed by atoms with van der Waals surface area (Å²) < 4.78 is 0. The molecular weight excluding hydrogens is 268 g/mol. The summed E-state index contributed by atoms with van der Waals surface area (Å²) >= 11 is 1.39. The predicted octanol–water partition coefficient (Wildman–Crippen LogP) is 3.33. The largest absolute Gasteiger partial charge is 0.396 e. The first-order chi connectivity index (χ1) is 9.81. The van der Waals surface area contributed by atoms with E-state index in [9.17, 15) is 5.26 Å². The molecule has 0 bridgehead atoms. The van der Waals surface area contributed by atoms with Gasteiger partial charge in [0.2, 0.25) is 0 Å². The number of nitrogens with zero attached hydrogens (tertiary/aromatic N) is 3. The summed E-state index contributed by atoms with van der Waals surface area (Å²) in [6.45, 7) is 0. The number of anilines is 1. The first-order valence-corrected chi connectivity index (χ1v) is 6.76. The molecule has 20 heavy (non-hydrogen) atoms. The summed E-state index contributed by atoms with van der Waals surface area (Å²) in [5.41, 5.74) is 9.43. The average Bonchev–Trinajstić information content (AvgIpc) is 2.86. The number of nitriles is 1. The standard InChI is InChI=1S/C15H10N4S/c16-8-12-14(17)13(10-3-6-18-7-4-10)15(20-12)11-2-1-5-19-9-11/h1-7,9H,17H2. The Bertz CT molecular complexity index is 773. The van der Waals surface area contributed by atoms with Gasteiger partial charge in [0.05, 0.1) is 5.69 Å². The molecule has 3 heterocycles. The van der Waals surface area contributed by atoms with Crippen molar-refractivity contribution in [3.05, 3.63) is 53.9 Å². The van der Waals surface area contributed by atoms with Crippen molar-refractivity contribution >= 4 is 17.0 Å². The second-order valence-electron chi connectivity index (χ2n) is 4.14. The van der Waals surface area contributed by atoms with Crippen molar-refractivity contribution in [3.8, 4) is 27.6 Å². The van der Waals surface area contributed by atoms with Gasteiger partial charge < -0.3 is 5.73 Å². The highest BCUT2D eigenvalue weighted by Crippen LogP contribution is 2.44. The Morgan fingerprint density at radius 3 is 2.50 bits per heavy atom. The molecule has 0 aliphatic heterocycles. The monoisotopic (exact) mass is 278 g/mol. The zero-order chi connectivity index (χ0) is 13.9. The molecule has 0 unspecified atom stereocenters. The molecule has 3 aromatic heterocycles. The number of nitrogens with two attached hydrogens (primary N) is 1. The van der Waals surface area contributed by atoms with E-state index in [1.54, 1.807) is 24.8 Å². The van der Waals surface area contributed by atoms with Crippen LogP contribution in [0.3, 0.4) is 0 Å². The van der Waals surface area contributed by atoms with E-state index < -0.39 is 0 Å². The third-order valence-corrected chi connectivity index (χ3v) is 4.10. The van der Waals surface area contributed by atoms with Crippen LogP contribution in [0.25, 0.3) is 21.6 Å². The third-order valence-electron chi connectivity index (χ3n) is 2.94. The fourth-order valence-corrected chi connectivity index (χ4v) is 3.06. The van der Waals surface area contributed by atoms with Gasteiger partial charge >= 0.3 is 0 Å². The van der Waals surface area contributed by atoms with Gasteiger partial charge in [-0.25, -0.2) is 0 Å². The first-order valence-electron chi connectivity index (χ1n) is 5.94. The fraction of sp³-hybridized carbons (Fsp3) is 0. The van der Waals surface area contributed by atoms with Crippen molar-refractivity contribution in [2.45, 2.75) is 0 Å². The smallest absolute Gasteiger partial charge is 0.129 e. The lowest BCUT2D eigenvalue weighted by atomic mass is 10.0. The zero-order valence-corrected chi connectivity index (χ0v) is 11.3. The number of pyridine rings is 2. The van der Waals surface area contributed by atoms with E-state index >= 15 is 0 Å². The van der Waals surface area contributed by atoms with Gasteiger partial charge in [0, 0.05) is 40.8 Å². The van der Waals surface area contributed by atoms with Gasteiger partial charge in [-0.05, 0) is 23.8 Å². The number of aromatic nitrogens is 2. The summed E-state index contributed by atoms with van der Waals surface area (Å²) in [6.07, 6.45) is 6.92. The van der Waals surface area contributed by atoms with Crippen LogP contribution < -0.4 is 5.73 Å². The predicted molar refractivity (Wildman–Crippen MR) is 79.9 cm³/mol. The summed E-state index contributed by atoms with van der Waals surface area (Å²) in [5.74, 6) is 0. The van der Waals surface area contributed by atoms with Crippen LogP contribution in [0.2, 0.25) is 0 Å². The van der Waals surface area contributed by atoms with Gasteiger partial charge in [-0.1, -0.05) is 6.07 Å². The molecule has 0 radical (unpaired) electrons. The maximum Gasteiger partial charge on any atom is 0.129 e. The zero-order valence-electron chi connectivity index (χ0n) is 10.4. The Labute approximate surface area is 120 Å². The summed E-state index contributed by atoms with van der Waals surface area (Å²) in [4.78, 5) is 9.63. The lowest BCUT2D eigenvalue weighted by Crippen LogP contribution is -1.89. The minimum absolute atomic E-state index is 0.516. The first kappa shape index (κ1) is 12.3. The van der Waals surface area contributed by atoms with Gasteiger partial charge in [0.15, 0.2) is 0 Å². The quantitative estimate of drug-likeness (QED) is 0.780. The molecule has 0 atom stereocenters. The summed E-state index contributed by atoms with van der Waals surface area (Å²) in [5, 5.41) is 9.20. The lowest BCUT2D eigenvalue weighted by molar-refractivity contribution is 1.33. The van der Waals surface area contributed by atoms with Crippen molar-refractivity contribution in [2.24, 2.45) is 0 Å². The van der Waals surface area contributed by atoms with Crippen LogP contribution in [0, 0.1) is 11.3 Å². The van der Waals surface area contributed by atoms with Gasteiger partial charge in [-0.2, -0.15) is 5.26 Å². The summed E-state index contributed by atoms with van der Waals surface area (Å²) in [6, 6.07) is 9.76. The number of hydrogen-bond acceptors (Lipinski definition) is 5. The number of thiophene rings is 1. The van der Waals surface area contributed by atoms with Crippen molar-refractivity contribution in [1.82, 2.24) is 9.97 Å². The third kappa shape index (κ3) is 2.02. The highest BCUT2D eigenvalue weighted by Gasteiger charge is 2.18. The van der Waals surface area contributed by atoms with Crippen LogP contribution >= 0.6 is 11.3 Å². The number of nitrogen functional groups attached to an aromatic ring is 1. The Kier molecular flexibility index (Phi) is 3.15. The molecule has 3 aromatic rings.